The summed E-state index contributed by atoms with van der Waals surface area (Å²) < 4.78 is 16.8. The van der Waals surface area contributed by atoms with Crippen molar-refractivity contribution in [3.8, 4) is 11.5 Å². The minimum atomic E-state index is -0.315. The number of ether oxygens (including phenoxy) is 3. The molecule has 1 heterocycles. The molecule has 9 heteroatoms. The van der Waals surface area contributed by atoms with E-state index in [0.717, 1.165) is 43.0 Å². The van der Waals surface area contributed by atoms with Gasteiger partial charge in [-0.05, 0) is 30.3 Å². The maximum absolute atomic E-state index is 12.9. The van der Waals surface area contributed by atoms with Gasteiger partial charge in [0.1, 0.15) is 11.5 Å². The highest BCUT2D eigenvalue weighted by atomic mass is 79.9. The average molecular weight is 491 g/mol. The molecule has 0 radical (unpaired) electrons. The van der Waals surface area contributed by atoms with Gasteiger partial charge in [0.25, 0.3) is 5.91 Å². The lowest BCUT2D eigenvalue weighted by Crippen LogP contribution is -2.39. The van der Waals surface area contributed by atoms with Crippen LogP contribution in [0.15, 0.2) is 51.9 Å². The minimum absolute atomic E-state index is 0.315. The highest BCUT2D eigenvalue weighted by Gasteiger charge is 2.14. The van der Waals surface area contributed by atoms with E-state index in [4.69, 9.17) is 14.2 Å². The van der Waals surface area contributed by atoms with Crippen LogP contribution in [-0.4, -0.2) is 70.4 Å². The topological polar surface area (TPSA) is 84.4 Å². The Kier molecular flexibility index (Phi) is 8.69. The highest BCUT2D eigenvalue weighted by Crippen LogP contribution is 2.22. The van der Waals surface area contributed by atoms with Gasteiger partial charge >= 0.3 is 0 Å². The van der Waals surface area contributed by atoms with E-state index in [1.807, 2.05) is 24.3 Å². The summed E-state index contributed by atoms with van der Waals surface area (Å²) in [4.78, 5) is 19.8. The maximum atomic E-state index is 12.9. The van der Waals surface area contributed by atoms with Crippen LogP contribution >= 0.6 is 15.9 Å². The third-order valence-electron chi connectivity index (χ3n) is 4.72. The molecule has 2 aromatic rings. The van der Waals surface area contributed by atoms with Crippen molar-refractivity contribution >= 4 is 33.5 Å². The van der Waals surface area contributed by atoms with Crippen LogP contribution in [0.3, 0.4) is 0 Å². The molecule has 1 aliphatic rings. The Hall–Kier alpha value is -2.62. The van der Waals surface area contributed by atoms with Crippen molar-refractivity contribution in [2.45, 2.75) is 0 Å². The fourth-order valence-electron chi connectivity index (χ4n) is 3.06. The number of rotatable bonds is 7. The van der Waals surface area contributed by atoms with Gasteiger partial charge < -0.3 is 19.5 Å². The smallest absolute Gasteiger partial charge is 0.258 e. The summed E-state index contributed by atoms with van der Waals surface area (Å²) in [5.74, 6) is 1.13. The summed E-state index contributed by atoms with van der Waals surface area (Å²) in [7, 11) is 3.09. The first-order chi connectivity index (χ1) is 15.1. The molecule has 0 atom stereocenters. The van der Waals surface area contributed by atoms with E-state index >= 15 is 0 Å². The van der Waals surface area contributed by atoms with Crippen molar-refractivity contribution in [3.05, 3.63) is 52.5 Å². The second-order valence-corrected chi connectivity index (χ2v) is 7.79. The predicted molar refractivity (Wildman–Crippen MR) is 124 cm³/mol. The molecular formula is C22H27BrN4O4. The Balaban J connectivity index is 1.74. The molecule has 0 aromatic heterocycles. The van der Waals surface area contributed by atoms with E-state index in [0.29, 0.717) is 29.6 Å². The highest BCUT2D eigenvalue weighted by molar-refractivity contribution is 9.10. The van der Waals surface area contributed by atoms with Crippen LogP contribution in [0.4, 0.5) is 5.69 Å². The zero-order valence-electron chi connectivity index (χ0n) is 17.7. The first-order valence-corrected chi connectivity index (χ1v) is 10.8. The Morgan fingerprint density at radius 1 is 1.13 bits per heavy atom. The van der Waals surface area contributed by atoms with Crippen molar-refractivity contribution in [2.75, 3.05) is 58.9 Å². The standard InChI is InChI=1S/C22H27BrN4O4/c1-29-19-12-16(13-20(15-19)30-2)21(28)26-22(25-18-5-3-4-17(23)14-18)24-6-7-27-8-10-31-11-9-27/h3-5,12-15H,6-11H2,1-2H3,(H2,24,25,26,28). The van der Waals surface area contributed by atoms with Gasteiger partial charge in [-0.25, -0.2) is 0 Å². The zero-order valence-corrected chi connectivity index (χ0v) is 19.3. The third kappa shape index (κ3) is 7.23. The lowest BCUT2D eigenvalue weighted by molar-refractivity contribution is 0.0394. The largest absolute Gasteiger partial charge is 0.497 e. The number of aliphatic imine (C=N–C) groups is 1. The van der Waals surface area contributed by atoms with Crippen LogP contribution in [0.2, 0.25) is 0 Å². The van der Waals surface area contributed by atoms with Gasteiger partial charge in [0, 0.05) is 41.4 Å². The van der Waals surface area contributed by atoms with Crippen molar-refractivity contribution in [1.29, 1.82) is 0 Å². The van der Waals surface area contributed by atoms with Gasteiger partial charge in [0.05, 0.1) is 34.0 Å². The van der Waals surface area contributed by atoms with Crippen molar-refractivity contribution in [2.24, 2.45) is 4.99 Å². The molecule has 0 aliphatic carbocycles. The Morgan fingerprint density at radius 2 is 1.84 bits per heavy atom. The molecule has 2 N–H and O–H groups in total. The summed E-state index contributed by atoms with van der Waals surface area (Å²) >= 11 is 3.46. The van der Waals surface area contributed by atoms with E-state index < -0.39 is 0 Å². The van der Waals surface area contributed by atoms with E-state index in [1.54, 1.807) is 32.4 Å². The molecule has 31 heavy (non-hydrogen) atoms. The van der Waals surface area contributed by atoms with Gasteiger partial charge in [-0.3, -0.25) is 20.0 Å². The fourth-order valence-corrected chi connectivity index (χ4v) is 3.46. The predicted octanol–water partition coefficient (Wildman–Crippen LogP) is 3.00. The molecule has 8 nitrogen and oxygen atoms in total. The van der Waals surface area contributed by atoms with Crippen LogP contribution in [0.1, 0.15) is 10.4 Å². The molecule has 1 saturated heterocycles. The molecule has 0 unspecified atom stereocenters. The quantitative estimate of drug-likeness (QED) is 0.458. The van der Waals surface area contributed by atoms with Crippen LogP contribution in [-0.2, 0) is 4.74 Å². The Bertz CT molecular complexity index is 894. The van der Waals surface area contributed by atoms with Crippen LogP contribution in [0.5, 0.6) is 11.5 Å². The van der Waals surface area contributed by atoms with E-state index in [9.17, 15) is 4.79 Å². The third-order valence-corrected chi connectivity index (χ3v) is 5.22. The number of morpholine rings is 1. The van der Waals surface area contributed by atoms with Gasteiger partial charge in [-0.2, -0.15) is 0 Å². The average Bonchev–Trinajstić information content (AvgIpc) is 2.79. The van der Waals surface area contributed by atoms with Gasteiger partial charge in [-0.15, -0.1) is 0 Å². The first-order valence-electron chi connectivity index (χ1n) is 9.99. The molecule has 1 amide bonds. The SMILES string of the molecule is COc1cc(OC)cc(C(=O)NC(=NCCN2CCOCC2)Nc2cccc(Br)c2)c1. The Morgan fingerprint density at radius 3 is 2.48 bits per heavy atom. The number of benzene rings is 2. The van der Waals surface area contributed by atoms with Gasteiger partial charge in [-0.1, -0.05) is 22.0 Å². The molecule has 0 saturated carbocycles. The number of nitrogens with one attached hydrogen (secondary N) is 2. The molecule has 3 rings (SSSR count). The lowest BCUT2D eigenvalue weighted by Gasteiger charge is -2.25. The van der Waals surface area contributed by atoms with Gasteiger partial charge in [0.2, 0.25) is 5.96 Å². The number of carbonyl (C=O) groups excluding carboxylic acids is 1. The summed E-state index contributed by atoms with van der Waals surface area (Å²) in [6.45, 7) is 4.58. The normalized spacial score (nSPS) is 14.7. The number of hydrogen-bond donors (Lipinski definition) is 2. The number of nitrogens with zero attached hydrogens (tertiary/aromatic N) is 2. The maximum Gasteiger partial charge on any atom is 0.258 e. The number of amides is 1. The molecule has 2 aromatic carbocycles. The van der Waals surface area contributed by atoms with Crippen molar-refractivity contribution in [3.63, 3.8) is 0 Å². The summed E-state index contributed by atoms with van der Waals surface area (Å²) in [6.07, 6.45) is 0. The minimum Gasteiger partial charge on any atom is -0.497 e. The molecule has 166 valence electrons. The molecule has 1 fully saturated rings. The summed E-state index contributed by atoms with van der Waals surface area (Å²) in [5, 5.41) is 6.07. The van der Waals surface area contributed by atoms with E-state index in [1.165, 1.54) is 0 Å². The van der Waals surface area contributed by atoms with E-state index in [-0.39, 0.29) is 5.91 Å². The number of methoxy groups -OCH3 is 2. The van der Waals surface area contributed by atoms with Crippen molar-refractivity contribution in [1.82, 2.24) is 10.2 Å². The Labute approximate surface area is 190 Å². The lowest BCUT2D eigenvalue weighted by atomic mass is 10.2. The number of carbonyl (C=O) groups is 1. The second-order valence-electron chi connectivity index (χ2n) is 6.88. The monoisotopic (exact) mass is 490 g/mol. The summed E-state index contributed by atoms with van der Waals surface area (Å²) in [6, 6.07) is 12.7. The zero-order chi connectivity index (χ0) is 22.1. The molecule has 0 bridgehead atoms. The number of guanidine groups is 1. The molecular weight excluding hydrogens is 464 g/mol. The fraction of sp³-hybridized carbons (Fsp3) is 0.364. The summed E-state index contributed by atoms with van der Waals surface area (Å²) in [5.41, 5.74) is 1.22. The number of anilines is 1. The number of hydrogen-bond acceptors (Lipinski definition) is 6. The number of halogens is 1. The van der Waals surface area contributed by atoms with Gasteiger partial charge in [0.15, 0.2) is 0 Å². The van der Waals surface area contributed by atoms with E-state index in [2.05, 4.69) is 36.5 Å². The van der Waals surface area contributed by atoms with Crippen LogP contribution in [0, 0.1) is 0 Å². The van der Waals surface area contributed by atoms with Crippen LogP contribution < -0.4 is 20.1 Å². The van der Waals surface area contributed by atoms with Crippen molar-refractivity contribution < 1.29 is 19.0 Å². The molecule has 0 spiro atoms. The second kappa shape index (κ2) is 11.7. The van der Waals surface area contributed by atoms with Crippen LogP contribution in [0.25, 0.3) is 0 Å². The first kappa shape index (κ1) is 23.1. The molecule has 1 aliphatic heterocycles.